The molecule has 1 unspecified atom stereocenters. The molecular formula is C15H28N2O2. The standard InChI is InChI=1S/C15H28N2O2/c1-6-17-9-12(7-14(17)18)15(19)16-8-13(10(2)3)11(4)5/h10-13H,6-9H2,1-5H3,(H,16,19). The lowest BCUT2D eigenvalue weighted by Crippen LogP contribution is -2.38. The predicted molar refractivity (Wildman–Crippen MR) is 76.5 cm³/mol. The number of hydrogen-bond donors (Lipinski definition) is 1. The van der Waals surface area contributed by atoms with E-state index in [0.717, 1.165) is 0 Å². The van der Waals surface area contributed by atoms with Gasteiger partial charge in [0.15, 0.2) is 0 Å². The minimum absolute atomic E-state index is 0.0376. The number of carbonyl (C=O) groups is 2. The molecule has 19 heavy (non-hydrogen) atoms. The lowest BCUT2D eigenvalue weighted by atomic mass is 9.85. The maximum atomic E-state index is 12.1. The molecule has 4 nitrogen and oxygen atoms in total. The van der Waals surface area contributed by atoms with Crippen molar-refractivity contribution in [2.24, 2.45) is 23.7 Å². The summed E-state index contributed by atoms with van der Waals surface area (Å²) in [6.07, 6.45) is 0.369. The summed E-state index contributed by atoms with van der Waals surface area (Å²) in [6.45, 7) is 12.7. The van der Waals surface area contributed by atoms with Crippen LogP contribution < -0.4 is 5.32 Å². The fraction of sp³-hybridized carbons (Fsp3) is 0.867. The molecule has 0 bridgehead atoms. The Morgan fingerprint density at radius 1 is 1.32 bits per heavy atom. The van der Waals surface area contributed by atoms with Crippen LogP contribution in [0.15, 0.2) is 0 Å². The van der Waals surface area contributed by atoms with Gasteiger partial charge in [-0.05, 0) is 24.7 Å². The third-order valence-electron chi connectivity index (χ3n) is 4.19. The molecule has 110 valence electrons. The zero-order chi connectivity index (χ0) is 14.6. The van der Waals surface area contributed by atoms with E-state index in [-0.39, 0.29) is 17.7 Å². The minimum atomic E-state index is -0.160. The largest absolute Gasteiger partial charge is 0.355 e. The van der Waals surface area contributed by atoms with Crippen molar-refractivity contribution in [3.63, 3.8) is 0 Å². The average Bonchev–Trinajstić information content (AvgIpc) is 2.69. The van der Waals surface area contributed by atoms with Gasteiger partial charge in [-0.2, -0.15) is 0 Å². The highest BCUT2D eigenvalue weighted by Crippen LogP contribution is 2.21. The van der Waals surface area contributed by atoms with Crippen molar-refractivity contribution in [2.75, 3.05) is 19.6 Å². The number of rotatable bonds is 6. The van der Waals surface area contributed by atoms with E-state index in [0.29, 0.717) is 43.8 Å². The van der Waals surface area contributed by atoms with Crippen molar-refractivity contribution < 1.29 is 9.59 Å². The Balaban J connectivity index is 2.46. The molecule has 0 saturated carbocycles. The fourth-order valence-electron chi connectivity index (χ4n) is 2.86. The molecule has 0 aromatic heterocycles. The van der Waals surface area contributed by atoms with Crippen LogP contribution in [0, 0.1) is 23.7 Å². The van der Waals surface area contributed by atoms with Crippen LogP contribution in [0.5, 0.6) is 0 Å². The van der Waals surface area contributed by atoms with Gasteiger partial charge in [0, 0.05) is 26.1 Å². The highest BCUT2D eigenvalue weighted by atomic mass is 16.2. The Hall–Kier alpha value is -1.06. The molecule has 4 heteroatoms. The quantitative estimate of drug-likeness (QED) is 0.800. The van der Waals surface area contributed by atoms with Crippen LogP contribution in [0.4, 0.5) is 0 Å². The van der Waals surface area contributed by atoms with E-state index in [4.69, 9.17) is 0 Å². The average molecular weight is 268 g/mol. The number of likely N-dealkylation sites (tertiary alicyclic amines) is 1. The number of carbonyl (C=O) groups excluding carboxylic acids is 2. The molecule has 1 N–H and O–H groups in total. The third-order valence-corrected chi connectivity index (χ3v) is 4.19. The zero-order valence-corrected chi connectivity index (χ0v) is 12.9. The number of amides is 2. The van der Waals surface area contributed by atoms with Crippen molar-refractivity contribution in [3.05, 3.63) is 0 Å². The van der Waals surface area contributed by atoms with Crippen LogP contribution in [0.1, 0.15) is 41.0 Å². The summed E-state index contributed by atoms with van der Waals surface area (Å²) in [7, 11) is 0. The number of nitrogens with zero attached hydrogens (tertiary/aromatic N) is 1. The highest BCUT2D eigenvalue weighted by molar-refractivity contribution is 5.89. The van der Waals surface area contributed by atoms with Crippen LogP contribution in [0.3, 0.4) is 0 Å². The smallest absolute Gasteiger partial charge is 0.225 e. The van der Waals surface area contributed by atoms with Crippen LogP contribution in [0.2, 0.25) is 0 Å². The first-order valence-corrected chi connectivity index (χ1v) is 7.42. The summed E-state index contributed by atoms with van der Waals surface area (Å²) >= 11 is 0. The summed E-state index contributed by atoms with van der Waals surface area (Å²) < 4.78 is 0. The Kier molecular flexibility index (Phi) is 5.83. The lowest BCUT2D eigenvalue weighted by molar-refractivity contribution is -0.129. The molecule has 0 aromatic carbocycles. The molecule has 1 atom stereocenters. The van der Waals surface area contributed by atoms with Crippen molar-refractivity contribution in [3.8, 4) is 0 Å². The van der Waals surface area contributed by atoms with Gasteiger partial charge in [-0.3, -0.25) is 9.59 Å². The minimum Gasteiger partial charge on any atom is -0.355 e. The molecule has 1 saturated heterocycles. The van der Waals surface area contributed by atoms with E-state index in [1.807, 2.05) is 6.92 Å². The van der Waals surface area contributed by atoms with Crippen molar-refractivity contribution in [1.82, 2.24) is 10.2 Å². The van der Waals surface area contributed by atoms with Gasteiger partial charge in [0.05, 0.1) is 5.92 Å². The fourth-order valence-corrected chi connectivity index (χ4v) is 2.86. The molecule has 1 rings (SSSR count). The molecule has 0 aliphatic carbocycles. The van der Waals surface area contributed by atoms with E-state index < -0.39 is 0 Å². The van der Waals surface area contributed by atoms with E-state index in [9.17, 15) is 9.59 Å². The summed E-state index contributed by atoms with van der Waals surface area (Å²) in [4.78, 5) is 25.5. The predicted octanol–water partition coefficient (Wildman–Crippen LogP) is 1.90. The van der Waals surface area contributed by atoms with Gasteiger partial charge in [0.1, 0.15) is 0 Å². The molecule has 0 aromatic rings. The maximum Gasteiger partial charge on any atom is 0.225 e. The van der Waals surface area contributed by atoms with Gasteiger partial charge in [-0.1, -0.05) is 27.7 Å². The van der Waals surface area contributed by atoms with Crippen LogP contribution in [-0.4, -0.2) is 36.3 Å². The summed E-state index contributed by atoms with van der Waals surface area (Å²) in [5, 5.41) is 3.03. The topological polar surface area (TPSA) is 49.4 Å². The second-order valence-corrected chi connectivity index (χ2v) is 6.23. The Morgan fingerprint density at radius 3 is 2.32 bits per heavy atom. The van der Waals surface area contributed by atoms with Crippen molar-refractivity contribution in [2.45, 2.75) is 41.0 Å². The van der Waals surface area contributed by atoms with Gasteiger partial charge in [-0.25, -0.2) is 0 Å². The second-order valence-electron chi connectivity index (χ2n) is 6.23. The molecule has 2 amide bonds. The third kappa shape index (κ3) is 4.22. The van der Waals surface area contributed by atoms with Gasteiger partial charge < -0.3 is 10.2 Å². The summed E-state index contributed by atoms with van der Waals surface area (Å²) in [5.74, 6) is 1.58. The molecule has 1 aliphatic heterocycles. The van der Waals surface area contributed by atoms with Gasteiger partial charge in [0.25, 0.3) is 0 Å². The monoisotopic (exact) mass is 268 g/mol. The van der Waals surface area contributed by atoms with Gasteiger partial charge >= 0.3 is 0 Å². The van der Waals surface area contributed by atoms with Crippen molar-refractivity contribution in [1.29, 1.82) is 0 Å². The summed E-state index contributed by atoms with van der Waals surface area (Å²) in [6, 6.07) is 0. The molecule has 0 spiro atoms. The first-order chi connectivity index (χ1) is 8.86. The van der Waals surface area contributed by atoms with Crippen molar-refractivity contribution >= 4 is 11.8 Å². The Morgan fingerprint density at radius 2 is 1.89 bits per heavy atom. The second kappa shape index (κ2) is 6.92. The van der Waals surface area contributed by atoms with Crippen LogP contribution in [0.25, 0.3) is 0 Å². The van der Waals surface area contributed by atoms with Gasteiger partial charge in [0.2, 0.25) is 11.8 Å². The van der Waals surface area contributed by atoms with E-state index in [2.05, 4.69) is 33.0 Å². The highest BCUT2D eigenvalue weighted by Gasteiger charge is 2.33. The van der Waals surface area contributed by atoms with Crippen LogP contribution in [-0.2, 0) is 9.59 Å². The molecule has 1 fully saturated rings. The Bertz CT molecular complexity index is 318. The molecule has 1 heterocycles. The SMILES string of the molecule is CCN1CC(C(=O)NCC(C(C)C)C(C)C)CC1=O. The van der Waals surface area contributed by atoms with Crippen LogP contribution >= 0.6 is 0 Å². The zero-order valence-electron chi connectivity index (χ0n) is 12.9. The summed E-state index contributed by atoms with van der Waals surface area (Å²) in [5.41, 5.74) is 0. The van der Waals surface area contributed by atoms with Gasteiger partial charge in [-0.15, -0.1) is 0 Å². The molecule has 0 radical (unpaired) electrons. The normalized spacial score (nSPS) is 19.9. The van der Waals surface area contributed by atoms with E-state index in [1.165, 1.54) is 0 Å². The number of nitrogens with one attached hydrogen (secondary N) is 1. The number of hydrogen-bond acceptors (Lipinski definition) is 2. The molecular weight excluding hydrogens is 240 g/mol. The first-order valence-electron chi connectivity index (χ1n) is 7.42. The first kappa shape index (κ1) is 16.0. The van der Waals surface area contributed by atoms with E-state index in [1.54, 1.807) is 4.90 Å². The lowest BCUT2D eigenvalue weighted by Gasteiger charge is -2.25. The Labute approximate surface area is 116 Å². The molecule has 1 aliphatic rings. The van der Waals surface area contributed by atoms with E-state index >= 15 is 0 Å². The maximum absolute atomic E-state index is 12.1.